The van der Waals surface area contributed by atoms with Crippen LogP contribution in [0.25, 0.3) is 0 Å². The first-order chi connectivity index (χ1) is 6.72. The molecule has 1 unspecified atom stereocenters. The van der Waals surface area contributed by atoms with Crippen molar-refractivity contribution in [3.05, 3.63) is 35.6 Å². The number of hydrogen-bond donors (Lipinski definition) is 2. The van der Waals surface area contributed by atoms with E-state index in [1.807, 2.05) is 6.07 Å². The molecule has 3 N–H and O–H groups in total. The highest BCUT2D eigenvalue weighted by Crippen LogP contribution is 2.27. The molecule has 1 saturated heterocycles. The largest absolute Gasteiger partial charge is 0.320 e. The average molecular weight is 194 g/mol. The molecule has 1 fully saturated rings. The van der Waals surface area contributed by atoms with Gasteiger partial charge in [0.05, 0.1) is 5.54 Å². The summed E-state index contributed by atoms with van der Waals surface area (Å²) in [5.41, 5.74) is 6.29. The van der Waals surface area contributed by atoms with Crippen LogP contribution in [0.1, 0.15) is 18.4 Å². The molecule has 14 heavy (non-hydrogen) atoms. The average Bonchev–Trinajstić information content (AvgIpc) is 2.19. The normalized spacial score (nSPS) is 27.6. The third-order valence-corrected chi connectivity index (χ3v) is 2.83. The molecule has 0 amide bonds. The number of hydrogen-bond acceptors (Lipinski definition) is 2. The number of halogens is 1. The zero-order chi connectivity index (χ0) is 10.0. The Kier molecular flexibility index (Phi) is 2.52. The van der Waals surface area contributed by atoms with Gasteiger partial charge in [0.2, 0.25) is 0 Å². The minimum Gasteiger partial charge on any atom is -0.320 e. The number of nitrogens with two attached hydrogens (primary N) is 1. The summed E-state index contributed by atoms with van der Waals surface area (Å²) in [4.78, 5) is 0. The maximum absolute atomic E-state index is 13.5. The van der Waals surface area contributed by atoms with Gasteiger partial charge in [0.25, 0.3) is 0 Å². The second-order valence-electron chi connectivity index (χ2n) is 3.92. The lowest BCUT2D eigenvalue weighted by atomic mass is 9.84. The molecule has 0 aromatic heterocycles. The van der Waals surface area contributed by atoms with Gasteiger partial charge in [-0.3, -0.25) is 0 Å². The van der Waals surface area contributed by atoms with Gasteiger partial charge < -0.3 is 11.1 Å². The van der Waals surface area contributed by atoms with E-state index in [9.17, 15) is 4.39 Å². The van der Waals surface area contributed by atoms with Crippen LogP contribution in [-0.2, 0) is 5.54 Å². The fourth-order valence-electron chi connectivity index (χ4n) is 2.02. The van der Waals surface area contributed by atoms with Crippen molar-refractivity contribution in [3.8, 4) is 0 Å². The van der Waals surface area contributed by atoms with Gasteiger partial charge in [0.15, 0.2) is 0 Å². The molecule has 0 saturated carbocycles. The quantitative estimate of drug-likeness (QED) is 0.708. The minimum absolute atomic E-state index is 0.196. The summed E-state index contributed by atoms with van der Waals surface area (Å²) in [7, 11) is 0. The molecule has 1 aliphatic heterocycles. The SMILES string of the molecule is NC1(c2ccccc2F)CCCNC1. The maximum Gasteiger partial charge on any atom is 0.128 e. The molecule has 1 atom stereocenters. The van der Waals surface area contributed by atoms with Crippen LogP contribution in [0.5, 0.6) is 0 Å². The molecule has 0 bridgehead atoms. The Morgan fingerprint density at radius 1 is 1.36 bits per heavy atom. The zero-order valence-electron chi connectivity index (χ0n) is 8.09. The van der Waals surface area contributed by atoms with E-state index in [2.05, 4.69) is 5.32 Å². The summed E-state index contributed by atoms with van der Waals surface area (Å²) in [6, 6.07) is 6.78. The van der Waals surface area contributed by atoms with E-state index in [0.29, 0.717) is 12.1 Å². The van der Waals surface area contributed by atoms with Crippen LogP contribution in [0.2, 0.25) is 0 Å². The van der Waals surface area contributed by atoms with Crippen molar-refractivity contribution in [2.24, 2.45) is 5.73 Å². The first-order valence-corrected chi connectivity index (χ1v) is 4.97. The smallest absolute Gasteiger partial charge is 0.128 e. The highest BCUT2D eigenvalue weighted by atomic mass is 19.1. The highest BCUT2D eigenvalue weighted by molar-refractivity contribution is 5.26. The van der Waals surface area contributed by atoms with Crippen molar-refractivity contribution in [1.29, 1.82) is 0 Å². The second-order valence-corrected chi connectivity index (χ2v) is 3.92. The van der Waals surface area contributed by atoms with E-state index in [1.165, 1.54) is 6.07 Å². The van der Waals surface area contributed by atoms with E-state index >= 15 is 0 Å². The number of benzene rings is 1. The fourth-order valence-corrected chi connectivity index (χ4v) is 2.02. The summed E-state index contributed by atoms with van der Waals surface area (Å²) in [6.45, 7) is 1.64. The molecule has 3 heteroatoms. The molecule has 1 aromatic rings. The summed E-state index contributed by atoms with van der Waals surface area (Å²) in [5, 5.41) is 3.21. The molecule has 0 radical (unpaired) electrons. The Morgan fingerprint density at radius 3 is 2.79 bits per heavy atom. The predicted octanol–water partition coefficient (Wildman–Crippen LogP) is 1.36. The Bertz CT molecular complexity index is 319. The van der Waals surface area contributed by atoms with Gasteiger partial charge in [-0.1, -0.05) is 18.2 Å². The van der Waals surface area contributed by atoms with E-state index < -0.39 is 5.54 Å². The maximum atomic E-state index is 13.5. The Hall–Kier alpha value is -0.930. The first kappa shape index (κ1) is 9.62. The third-order valence-electron chi connectivity index (χ3n) is 2.83. The number of piperidine rings is 1. The molecule has 76 valence electrons. The second kappa shape index (κ2) is 3.67. The Balaban J connectivity index is 2.32. The molecule has 1 aromatic carbocycles. The Labute approximate surface area is 83.3 Å². The van der Waals surface area contributed by atoms with Crippen LogP contribution in [0.3, 0.4) is 0 Å². The molecule has 0 aliphatic carbocycles. The molecular weight excluding hydrogens is 179 g/mol. The van der Waals surface area contributed by atoms with Crippen molar-refractivity contribution >= 4 is 0 Å². The third kappa shape index (κ3) is 1.65. The molecule has 1 heterocycles. The van der Waals surface area contributed by atoms with Crippen LogP contribution < -0.4 is 11.1 Å². The topological polar surface area (TPSA) is 38.0 Å². The lowest BCUT2D eigenvalue weighted by Crippen LogP contribution is -2.50. The van der Waals surface area contributed by atoms with Gasteiger partial charge in [-0.15, -0.1) is 0 Å². The monoisotopic (exact) mass is 194 g/mol. The summed E-state index contributed by atoms with van der Waals surface area (Å²) < 4.78 is 13.5. The van der Waals surface area contributed by atoms with Crippen LogP contribution in [-0.4, -0.2) is 13.1 Å². The summed E-state index contributed by atoms with van der Waals surface area (Å²) in [6.07, 6.45) is 1.85. The van der Waals surface area contributed by atoms with Gasteiger partial charge in [0.1, 0.15) is 5.82 Å². The molecule has 2 nitrogen and oxygen atoms in total. The van der Waals surface area contributed by atoms with E-state index in [4.69, 9.17) is 5.73 Å². The van der Waals surface area contributed by atoms with Crippen molar-refractivity contribution in [1.82, 2.24) is 5.32 Å². The number of nitrogens with one attached hydrogen (secondary N) is 1. The van der Waals surface area contributed by atoms with Crippen LogP contribution >= 0.6 is 0 Å². The Morgan fingerprint density at radius 2 is 2.14 bits per heavy atom. The lowest BCUT2D eigenvalue weighted by molar-refractivity contribution is 0.312. The van der Waals surface area contributed by atoms with Gasteiger partial charge in [-0.25, -0.2) is 4.39 Å². The first-order valence-electron chi connectivity index (χ1n) is 4.97. The molecule has 1 aliphatic rings. The van der Waals surface area contributed by atoms with Crippen molar-refractivity contribution in [2.75, 3.05) is 13.1 Å². The van der Waals surface area contributed by atoms with Crippen molar-refractivity contribution < 1.29 is 4.39 Å². The predicted molar refractivity (Wildman–Crippen MR) is 54.4 cm³/mol. The fraction of sp³-hybridized carbons (Fsp3) is 0.455. The van der Waals surface area contributed by atoms with Crippen molar-refractivity contribution in [3.63, 3.8) is 0 Å². The van der Waals surface area contributed by atoms with Crippen LogP contribution in [0.4, 0.5) is 4.39 Å². The van der Waals surface area contributed by atoms with Crippen LogP contribution in [0, 0.1) is 5.82 Å². The van der Waals surface area contributed by atoms with Gasteiger partial charge in [-0.2, -0.15) is 0 Å². The van der Waals surface area contributed by atoms with Gasteiger partial charge >= 0.3 is 0 Å². The zero-order valence-corrected chi connectivity index (χ0v) is 8.09. The van der Waals surface area contributed by atoms with E-state index in [1.54, 1.807) is 12.1 Å². The number of rotatable bonds is 1. The van der Waals surface area contributed by atoms with Gasteiger partial charge in [0, 0.05) is 12.1 Å². The van der Waals surface area contributed by atoms with Crippen molar-refractivity contribution in [2.45, 2.75) is 18.4 Å². The standard InChI is InChI=1S/C11H15FN2/c12-10-5-2-1-4-9(10)11(13)6-3-7-14-8-11/h1-2,4-5,14H,3,6-8,13H2. The molecule has 2 rings (SSSR count). The van der Waals surface area contributed by atoms with Crippen LogP contribution in [0.15, 0.2) is 24.3 Å². The van der Waals surface area contributed by atoms with E-state index in [-0.39, 0.29) is 5.82 Å². The molecular formula is C11H15FN2. The summed E-state index contributed by atoms with van der Waals surface area (Å²) >= 11 is 0. The lowest BCUT2D eigenvalue weighted by Gasteiger charge is -2.34. The van der Waals surface area contributed by atoms with E-state index in [0.717, 1.165) is 19.4 Å². The van der Waals surface area contributed by atoms with Gasteiger partial charge in [-0.05, 0) is 25.5 Å². The molecule has 0 spiro atoms. The minimum atomic E-state index is -0.524. The summed E-state index contributed by atoms with van der Waals surface area (Å²) in [5.74, 6) is -0.196. The highest BCUT2D eigenvalue weighted by Gasteiger charge is 2.31.